The summed E-state index contributed by atoms with van der Waals surface area (Å²) in [6.45, 7) is 1.85. The monoisotopic (exact) mass is 206 g/mol. The van der Waals surface area contributed by atoms with Crippen LogP contribution < -0.4 is 10.1 Å². The van der Waals surface area contributed by atoms with Crippen LogP contribution in [0.5, 0.6) is 5.75 Å². The summed E-state index contributed by atoms with van der Waals surface area (Å²) >= 11 is 0. The lowest BCUT2D eigenvalue weighted by Crippen LogP contribution is -2.19. The van der Waals surface area contributed by atoms with Gasteiger partial charge in [0.15, 0.2) is 0 Å². The molecule has 0 spiro atoms. The Kier molecular flexibility index (Phi) is 2.58. The molecular weight excluding hydrogens is 192 g/mol. The third-order valence-electron chi connectivity index (χ3n) is 2.21. The minimum Gasteiger partial charge on any atom is -0.490 e. The van der Waals surface area contributed by atoms with E-state index in [2.05, 4.69) is 10.3 Å². The highest BCUT2D eigenvalue weighted by atomic mass is 16.5. The van der Waals surface area contributed by atoms with E-state index in [1.165, 1.54) is 0 Å². The van der Waals surface area contributed by atoms with Gasteiger partial charge < -0.3 is 10.1 Å². The molecule has 1 amide bonds. The van der Waals surface area contributed by atoms with E-state index >= 15 is 0 Å². The van der Waals surface area contributed by atoms with Gasteiger partial charge in [-0.1, -0.05) is 0 Å². The Labute approximate surface area is 88.7 Å². The van der Waals surface area contributed by atoms with Crippen LogP contribution in [0.25, 0.3) is 0 Å². The summed E-state index contributed by atoms with van der Waals surface area (Å²) in [5.41, 5.74) is 1.21. The van der Waals surface area contributed by atoms with Crippen molar-refractivity contribution in [1.82, 2.24) is 10.3 Å². The summed E-state index contributed by atoms with van der Waals surface area (Å²) in [4.78, 5) is 15.5. The molecule has 1 aliphatic carbocycles. The third-order valence-corrected chi connectivity index (χ3v) is 2.21. The zero-order valence-electron chi connectivity index (χ0n) is 8.91. The SMILES string of the molecule is CNC(=O)c1cc(OC2CC2)cc(C)n1. The highest BCUT2D eigenvalue weighted by molar-refractivity contribution is 5.92. The van der Waals surface area contributed by atoms with Crippen LogP contribution in [0.3, 0.4) is 0 Å². The molecule has 1 saturated carbocycles. The molecule has 1 aliphatic rings. The van der Waals surface area contributed by atoms with Crippen LogP contribution in [0.4, 0.5) is 0 Å². The molecular formula is C11H14N2O2. The Balaban J connectivity index is 2.22. The molecule has 0 aromatic carbocycles. The van der Waals surface area contributed by atoms with Crippen molar-refractivity contribution in [1.29, 1.82) is 0 Å². The molecule has 1 fully saturated rings. The van der Waals surface area contributed by atoms with E-state index in [4.69, 9.17) is 4.74 Å². The highest BCUT2D eigenvalue weighted by Crippen LogP contribution is 2.27. The fourth-order valence-electron chi connectivity index (χ4n) is 1.33. The molecule has 80 valence electrons. The predicted octanol–water partition coefficient (Wildman–Crippen LogP) is 1.29. The van der Waals surface area contributed by atoms with Gasteiger partial charge in [-0.25, -0.2) is 4.98 Å². The normalized spacial score (nSPS) is 14.8. The molecule has 0 saturated heterocycles. The Hall–Kier alpha value is -1.58. The van der Waals surface area contributed by atoms with Crippen LogP contribution in [0.1, 0.15) is 29.0 Å². The van der Waals surface area contributed by atoms with Crippen LogP contribution in [0.2, 0.25) is 0 Å². The summed E-state index contributed by atoms with van der Waals surface area (Å²) in [6.07, 6.45) is 2.55. The number of hydrogen-bond acceptors (Lipinski definition) is 3. The van der Waals surface area contributed by atoms with Crippen LogP contribution >= 0.6 is 0 Å². The Morgan fingerprint density at radius 1 is 1.53 bits per heavy atom. The number of nitrogens with one attached hydrogen (secondary N) is 1. The predicted molar refractivity (Wildman–Crippen MR) is 56.0 cm³/mol. The van der Waals surface area contributed by atoms with E-state index in [1.54, 1.807) is 13.1 Å². The van der Waals surface area contributed by atoms with E-state index in [0.717, 1.165) is 24.3 Å². The van der Waals surface area contributed by atoms with Gasteiger partial charge in [0.25, 0.3) is 5.91 Å². The Morgan fingerprint density at radius 3 is 2.87 bits per heavy atom. The van der Waals surface area contributed by atoms with Crippen LogP contribution in [-0.2, 0) is 0 Å². The second-order valence-electron chi connectivity index (χ2n) is 3.73. The highest BCUT2D eigenvalue weighted by Gasteiger charge is 2.24. The van der Waals surface area contributed by atoms with Crippen molar-refractivity contribution in [3.8, 4) is 5.75 Å². The second kappa shape index (κ2) is 3.88. The Morgan fingerprint density at radius 2 is 2.27 bits per heavy atom. The van der Waals surface area contributed by atoms with Crippen LogP contribution in [-0.4, -0.2) is 24.0 Å². The number of aryl methyl sites for hydroxylation is 1. The summed E-state index contributed by atoms with van der Waals surface area (Å²) in [7, 11) is 1.59. The fourth-order valence-corrected chi connectivity index (χ4v) is 1.33. The van der Waals surface area contributed by atoms with Crippen molar-refractivity contribution in [2.24, 2.45) is 0 Å². The van der Waals surface area contributed by atoms with E-state index in [0.29, 0.717) is 11.8 Å². The van der Waals surface area contributed by atoms with Gasteiger partial charge in [-0.05, 0) is 19.8 Å². The number of ether oxygens (including phenoxy) is 1. The van der Waals surface area contributed by atoms with Crippen LogP contribution in [0, 0.1) is 6.92 Å². The van der Waals surface area contributed by atoms with Gasteiger partial charge in [0.05, 0.1) is 6.10 Å². The maximum atomic E-state index is 11.4. The first-order chi connectivity index (χ1) is 7.19. The van der Waals surface area contributed by atoms with E-state index < -0.39 is 0 Å². The van der Waals surface area contributed by atoms with Gasteiger partial charge in [-0.3, -0.25) is 4.79 Å². The van der Waals surface area contributed by atoms with Gasteiger partial charge in [0.1, 0.15) is 11.4 Å². The standard InChI is InChI=1S/C11H14N2O2/c1-7-5-9(15-8-3-4-8)6-10(13-7)11(14)12-2/h5-6,8H,3-4H2,1-2H3,(H,12,14). The molecule has 4 nitrogen and oxygen atoms in total. The first kappa shape index (κ1) is 9.96. The molecule has 4 heteroatoms. The summed E-state index contributed by atoms with van der Waals surface area (Å²) in [5.74, 6) is 0.558. The number of nitrogens with zero attached hydrogens (tertiary/aromatic N) is 1. The minimum absolute atomic E-state index is 0.181. The van der Waals surface area contributed by atoms with Crippen molar-refractivity contribution in [2.45, 2.75) is 25.9 Å². The molecule has 1 N–H and O–H groups in total. The molecule has 15 heavy (non-hydrogen) atoms. The van der Waals surface area contributed by atoms with Gasteiger partial charge in [-0.2, -0.15) is 0 Å². The lowest BCUT2D eigenvalue weighted by Gasteiger charge is -2.07. The summed E-state index contributed by atoms with van der Waals surface area (Å²) in [5, 5.41) is 2.55. The first-order valence-corrected chi connectivity index (χ1v) is 5.06. The second-order valence-corrected chi connectivity index (χ2v) is 3.73. The van der Waals surface area contributed by atoms with Crippen molar-refractivity contribution in [2.75, 3.05) is 7.05 Å². The number of amides is 1. The largest absolute Gasteiger partial charge is 0.490 e. The minimum atomic E-state index is -0.181. The van der Waals surface area contributed by atoms with Gasteiger partial charge in [0.2, 0.25) is 0 Å². The van der Waals surface area contributed by atoms with E-state index in [9.17, 15) is 4.79 Å². The third kappa shape index (κ3) is 2.46. The van der Waals surface area contributed by atoms with Crippen LogP contribution in [0.15, 0.2) is 12.1 Å². The smallest absolute Gasteiger partial charge is 0.269 e. The maximum Gasteiger partial charge on any atom is 0.269 e. The maximum absolute atomic E-state index is 11.4. The lowest BCUT2D eigenvalue weighted by atomic mass is 10.3. The number of hydrogen-bond donors (Lipinski definition) is 1. The fraction of sp³-hybridized carbons (Fsp3) is 0.455. The zero-order valence-corrected chi connectivity index (χ0v) is 8.91. The molecule has 1 aromatic heterocycles. The molecule has 0 atom stereocenters. The van der Waals surface area contributed by atoms with Gasteiger partial charge >= 0.3 is 0 Å². The molecule has 0 radical (unpaired) electrons. The van der Waals surface area contributed by atoms with E-state index in [1.807, 2.05) is 13.0 Å². The average Bonchev–Trinajstić information content (AvgIpc) is 2.99. The quantitative estimate of drug-likeness (QED) is 0.810. The number of carbonyl (C=O) groups excluding carboxylic acids is 1. The number of pyridine rings is 1. The molecule has 1 heterocycles. The van der Waals surface area contributed by atoms with Crippen molar-refractivity contribution in [3.63, 3.8) is 0 Å². The first-order valence-electron chi connectivity index (χ1n) is 5.06. The number of carbonyl (C=O) groups is 1. The molecule has 0 unspecified atom stereocenters. The molecule has 0 bridgehead atoms. The van der Waals surface area contributed by atoms with Gasteiger partial charge in [-0.15, -0.1) is 0 Å². The summed E-state index contributed by atoms with van der Waals surface area (Å²) in [6, 6.07) is 3.54. The number of aromatic nitrogens is 1. The van der Waals surface area contributed by atoms with Crippen molar-refractivity contribution >= 4 is 5.91 Å². The molecule has 0 aliphatic heterocycles. The molecule has 1 aromatic rings. The van der Waals surface area contributed by atoms with Gasteiger partial charge in [0, 0.05) is 24.9 Å². The zero-order chi connectivity index (χ0) is 10.8. The number of rotatable bonds is 3. The average molecular weight is 206 g/mol. The Bertz CT molecular complexity index is 386. The van der Waals surface area contributed by atoms with E-state index in [-0.39, 0.29) is 5.91 Å². The topological polar surface area (TPSA) is 51.2 Å². The van der Waals surface area contributed by atoms with Crippen molar-refractivity contribution < 1.29 is 9.53 Å². The lowest BCUT2D eigenvalue weighted by molar-refractivity contribution is 0.0957. The molecule has 2 rings (SSSR count). The summed E-state index contributed by atoms with van der Waals surface area (Å²) < 4.78 is 5.62. The van der Waals surface area contributed by atoms with Crippen molar-refractivity contribution in [3.05, 3.63) is 23.5 Å².